The summed E-state index contributed by atoms with van der Waals surface area (Å²) < 4.78 is 23.7. The number of aliphatic hydroxyl groups excluding tert-OH is 1. The number of halogens is 1. The van der Waals surface area contributed by atoms with Gasteiger partial charge in [-0.3, -0.25) is 0 Å². The van der Waals surface area contributed by atoms with Crippen LogP contribution in [0.1, 0.15) is 18.1 Å². The quantitative estimate of drug-likeness (QED) is 0.587. The van der Waals surface area contributed by atoms with E-state index in [0.717, 1.165) is 0 Å². The van der Waals surface area contributed by atoms with Gasteiger partial charge in [0.05, 0.1) is 20.3 Å². The van der Waals surface area contributed by atoms with Crippen LogP contribution in [-0.2, 0) is 4.74 Å². The molecule has 1 aromatic rings. The predicted molar refractivity (Wildman–Crippen MR) is 63.5 cm³/mol. The lowest BCUT2D eigenvalue weighted by molar-refractivity contribution is 0.0126. The molecule has 3 nitrogen and oxygen atoms in total. The van der Waals surface area contributed by atoms with Gasteiger partial charge in [-0.25, -0.2) is 4.39 Å². The fourth-order valence-electron chi connectivity index (χ4n) is 1.49. The van der Waals surface area contributed by atoms with Gasteiger partial charge in [0, 0.05) is 5.56 Å². The van der Waals surface area contributed by atoms with Crippen LogP contribution in [0.2, 0.25) is 0 Å². The first-order valence-corrected chi connectivity index (χ1v) is 5.39. The molecule has 0 aromatic heterocycles. The molecule has 0 saturated carbocycles. The minimum atomic E-state index is -0.583. The summed E-state index contributed by atoms with van der Waals surface area (Å²) in [6.07, 6.45) is 1.81. The van der Waals surface area contributed by atoms with Crippen LogP contribution in [0.15, 0.2) is 30.9 Å². The fourth-order valence-corrected chi connectivity index (χ4v) is 1.49. The smallest absolute Gasteiger partial charge is 0.124 e. The SMILES string of the molecule is C=CCCO[C@@H](CO)c1cc(F)ccc1OC. The summed E-state index contributed by atoms with van der Waals surface area (Å²) in [5, 5.41) is 9.26. The molecule has 0 fully saturated rings. The van der Waals surface area contributed by atoms with Crippen LogP contribution in [0.25, 0.3) is 0 Å². The van der Waals surface area contributed by atoms with Crippen LogP contribution in [-0.4, -0.2) is 25.4 Å². The second kappa shape index (κ2) is 7.04. The molecule has 1 aromatic carbocycles. The average Bonchev–Trinajstić information content (AvgIpc) is 2.35. The summed E-state index contributed by atoms with van der Waals surface area (Å²) >= 11 is 0. The molecule has 4 heteroatoms. The highest BCUT2D eigenvalue weighted by atomic mass is 19.1. The minimum absolute atomic E-state index is 0.225. The van der Waals surface area contributed by atoms with Gasteiger partial charge in [0.2, 0.25) is 0 Å². The van der Waals surface area contributed by atoms with E-state index in [1.54, 1.807) is 6.08 Å². The van der Waals surface area contributed by atoms with Crippen LogP contribution in [0, 0.1) is 5.82 Å². The molecule has 1 rings (SSSR count). The predicted octanol–water partition coefficient (Wildman–Crippen LogP) is 2.46. The average molecular weight is 240 g/mol. The van der Waals surface area contributed by atoms with Crippen molar-refractivity contribution in [2.24, 2.45) is 0 Å². The number of hydrogen-bond acceptors (Lipinski definition) is 3. The first kappa shape index (κ1) is 13.7. The van der Waals surface area contributed by atoms with Crippen molar-refractivity contribution < 1.29 is 19.0 Å². The number of methoxy groups -OCH3 is 1. The molecule has 0 aliphatic carbocycles. The molecule has 17 heavy (non-hydrogen) atoms. The molecule has 0 bridgehead atoms. The second-order valence-corrected chi connectivity index (χ2v) is 3.51. The van der Waals surface area contributed by atoms with Gasteiger partial charge < -0.3 is 14.6 Å². The third-order valence-corrected chi connectivity index (χ3v) is 2.35. The lowest BCUT2D eigenvalue weighted by Crippen LogP contribution is -2.11. The third-order valence-electron chi connectivity index (χ3n) is 2.35. The van der Waals surface area contributed by atoms with E-state index in [1.807, 2.05) is 0 Å². The number of rotatable bonds is 7. The molecular weight excluding hydrogens is 223 g/mol. The van der Waals surface area contributed by atoms with Gasteiger partial charge in [-0.2, -0.15) is 0 Å². The van der Waals surface area contributed by atoms with Crippen molar-refractivity contribution in [2.75, 3.05) is 20.3 Å². The van der Waals surface area contributed by atoms with Gasteiger partial charge in [0.1, 0.15) is 17.7 Å². The van der Waals surface area contributed by atoms with Crippen molar-refractivity contribution in [2.45, 2.75) is 12.5 Å². The van der Waals surface area contributed by atoms with Gasteiger partial charge in [-0.15, -0.1) is 6.58 Å². The largest absolute Gasteiger partial charge is 0.496 e. The summed E-state index contributed by atoms with van der Waals surface area (Å²) in [5.41, 5.74) is 0.513. The molecule has 0 heterocycles. The van der Waals surface area contributed by atoms with Gasteiger partial charge >= 0.3 is 0 Å². The van der Waals surface area contributed by atoms with Crippen molar-refractivity contribution in [1.82, 2.24) is 0 Å². The summed E-state index contributed by atoms with van der Waals surface area (Å²) in [4.78, 5) is 0. The Bertz CT molecular complexity index is 366. The molecule has 0 unspecified atom stereocenters. The Morgan fingerprint density at radius 2 is 2.29 bits per heavy atom. The second-order valence-electron chi connectivity index (χ2n) is 3.51. The van der Waals surface area contributed by atoms with Crippen LogP contribution in [0.5, 0.6) is 5.75 Å². The lowest BCUT2D eigenvalue weighted by Gasteiger charge is -2.18. The molecular formula is C13H17FO3. The van der Waals surface area contributed by atoms with Crippen LogP contribution in [0.4, 0.5) is 4.39 Å². The molecule has 0 saturated heterocycles. The Labute approximate surface area is 100 Å². The molecule has 0 radical (unpaired) electrons. The Morgan fingerprint density at radius 1 is 1.53 bits per heavy atom. The molecule has 1 atom stereocenters. The zero-order chi connectivity index (χ0) is 12.7. The Morgan fingerprint density at radius 3 is 2.88 bits per heavy atom. The van der Waals surface area contributed by atoms with Crippen molar-refractivity contribution in [3.05, 3.63) is 42.2 Å². The van der Waals surface area contributed by atoms with E-state index in [1.165, 1.54) is 25.3 Å². The van der Waals surface area contributed by atoms with Crippen LogP contribution < -0.4 is 4.74 Å². The first-order chi connectivity index (χ1) is 8.22. The van der Waals surface area contributed by atoms with E-state index < -0.39 is 6.10 Å². The maximum Gasteiger partial charge on any atom is 0.124 e. The van der Waals surface area contributed by atoms with E-state index in [2.05, 4.69) is 6.58 Å². The summed E-state index contributed by atoms with van der Waals surface area (Å²) in [6, 6.07) is 4.14. The summed E-state index contributed by atoms with van der Waals surface area (Å²) in [7, 11) is 1.49. The molecule has 0 amide bonds. The lowest BCUT2D eigenvalue weighted by atomic mass is 10.1. The Balaban J connectivity index is 2.85. The summed E-state index contributed by atoms with van der Waals surface area (Å²) in [5.74, 6) is 0.121. The van der Waals surface area contributed by atoms with Gasteiger partial charge in [-0.1, -0.05) is 6.08 Å². The zero-order valence-electron chi connectivity index (χ0n) is 9.86. The number of benzene rings is 1. The maximum absolute atomic E-state index is 13.2. The van der Waals surface area contributed by atoms with Gasteiger partial charge in [-0.05, 0) is 24.6 Å². The van der Waals surface area contributed by atoms with Crippen LogP contribution in [0.3, 0.4) is 0 Å². The highest BCUT2D eigenvalue weighted by molar-refractivity contribution is 5.35. The normalized spacial score (nSPS) is 12.2. The number of aliphatic hydroxyl groups is 1. The first-order valence-electron chi connectivity index (χ1n) is 5.39. The molecule has 94 valence electrons. The minimum Gasteiger partial charge on any atom is -0.496 e. The van der Waals surface area contributed by atoms with E-state index in [4.69, 9.17) is 9.47 Å². The highest BCUT2D eigenvalue weighted by Crippen LogP contribution is 2.28. The van der Waals surface area contributed by atoms with E-state index in [9.17, 15) is 9.50 Å². The highest BCUT2D eigenvalue weighted by Gasteiger charge is 2.16. The number of hydrogen-bond donors (Lipinski definition) is 1. The molecule has 1 N–H and O–H groups in total. The third kappa shape index (κ3) is 3.84. The van der Waals surface area contributed by atoms with Gasteiger partial charge in [0.15, 0.2) is 0 Å². The van der Waals surface area contributed by atoms with Crippen molar-refractivity contribution in [3.63, 3.8) is 0 Å². The van der Waals surface area contributed by atoms with Crippen molar-refractivity contribution >= 4 is 0 Å². The standard InChI is InChI=1S/C13H17FO3/c1-3-4-7-17-13(9-15)11-8-10(14)5-6-12(11)16-2/h3,5-6,8,13,15H,1,4,7,9H2,2H3/t13-/m0/s1. The number of ether oxygens (including phenoxy) is 2. The van der Waals surface area contributed by atoms with E-state index in [0.29, 0.717) is 24.3 Å². The van der Waals surface area contributed by atoms with Crippen LogP contribution >= 0.6 is 0 Å². The molecule has 0 spiro atoms. The van der Waals surface area contributed by atoms with E-state index in [-0.39, 0.29) is 12.4 Å². The topological polar surface area (TPSA) is 38.7 Å². The summed E-state index contributed by atoms with van der Waals surface area (Å²) in [6.45, 7) is 3.78. The Hall–Kier alpha value is -1.39. The Kier molecular flexibility index (Phi) is 5.66. The van der Waals surface area contributed by atoms with E-state index >= 15 is 0 Å². The fraction of sp³-hybridized carbons (Fsp3) is 0.385. The maximum atomic E-state index is 13.2. The van der Waals surface area contributed by atoms with Crippen molar-refractivity contribution in [1.29, 1.82) is 0 Å². The molecule has 0 aliphatic heterocycles. The van der Waals surface area contributed by atoms with Crippen molar-refractivity contribution in [3.8, 4) is 5.75 Å². The van der Waals surface area contributed by atoms with Gasteiger partial charge in [0.25, 0.3) is 0 Å². The molecule has 0 aliphatic rings. The monoisotopic (exact) mass is 240 g/mol. The zero-order valence-corrected chi connectivity index (χ0v) is 9.86.